The van der Waals surface area contributed by atoms with Crippen LogP contribution in [0.3, 0.4) is 0 Å². The van der Waals surface area contributed by atoms with Gasteiger partial charge < -0.3 is 0 Å². The first-order valence-electron chi connectivity index (χ1n) is 3.18. The van der Waals surface area contributed by atoms with Crippen LogP contribution in [0, 0.1) is 0 Å². The van der Waals surface area contributed by atoms with Gasteiger partial charge in [0.1, 0.15) is 6.33 Å². The van der Waals surface area contributed by atoms with Crippen LogP contribution in [-0.2, 0) is 5.54 Å². The molecule has 0 aliphatic heterocycles. The third kappa shape index (κ3) is 1.37. The van der Waals surface area contributed by atoms with Gasteiger partial charge in [-0.25, -0.2) is 9.67 Å². The van der Waals surface area contributed by atoms with Crippen molar-refractivity contribution in [2.45, 2.75) is 26.3 Å². The predicted octanol–water partition coefficient (Wildman–Crippen LogP) is -0.173. The Morgan fingerprint density at radius 3 is 2.30 bits per heavy atom. The molecule has 3 nitrogen and oxygen atoms in total. The summed E-state index contributed by atoms with van der Waals surface area (Å²) >= 11 is 0. The van der Waals surface area contributed by atoms with Gasteiger partial charge in [-0.1, -0.05) is 0 Å². The zero-order chi connectivity index (χ0) is 7.78. The van der Waals surface area contributed by atoms with Crippen LogP contribution >= 0.6 is 0 Å². The van der Waals surface area contributed by atoms with Crippen LogP contribution in [0.25, 0.3) is 0 Å². The molecule has 1 aromatic rings. The second kappa shape index (κ2) is 2.11. The summed E-state index contributed by atoms with van der Waals surface area (Å²) in [5, 5.41) is 3.97. The molecule has 0 unspecified atom stereocenters. The van der Waals surface area contributed by atoms with E-state index in [0.717, 1.165) is 0 Å². The fraction of sp³-hybridized carbons (Fsp3) is 0.667. The topological polar surface area (TPSA) is 30.7 Å². The molecule has 1 heterocycles. The minimum Gasteiger partial charge on any atom is -0.248 e. The molecular formula is C6H10BN3. The minimum atomic E-state index is -0.0232. The van der Waals surface area contributed by atoms with E-state index in [9.17, 15) is 0 Å². The smallest absolute Gasteiger partial charge is 0.173 e. The van der Waals surface area contributed by atoms with Gasteiger partial charge in [-0.2, -0.15) is 5.10 Å². The van der Waals surface area contributed by atoms with Gasteiger partial charge in [0.15, 0.2) is 7.85 Å². The zero-order valence-corrected chi connectivity index (χ0v) is 6.50. The molecule has 0 spiro atoms. The second-order valence-electron chi connectivity index (χ2n) is 3.22. The Morgan fingerprint density at radius 2 is 2.10 bits per heavy atom. The van der Waals surface area contributed by atoms with E-state index in [1.54, 1.807) is 11.0 Å². The van der Waals surface area contributed by atoms with E-state index in [1.165, 1.54) is 0 Å². The van der Waals surface area contributed by atoms with Crippen molar-refractivity contribution in [1.29, 1.82) is 0 Å². The highest BCUT2D eigenvalue weighted by atomic mass is 15.4. The van der Waals surface area contributed by atoms with E-state index in [-0.39, 0.29) is 5.54 Å². The van der Waals surface area contributed by atoms with Gasteiger partial charge in [0.05, 0.1) is 11.3 Å². The summed E-state index contributed by atoms with van der Waals surface area (Å²) in [5.74, 6) is 0. The zero-order valence-electron chi connectivity index (χ0n) is 6.50. The Bertz CT molecular complexity index is 223. The van der Waals surface area contributed by atoms with Gasteiger partial charge in [-0.3, -0.25) is 0 Å². The highest BCUT2D eigenvalue weighted by molar-refractivity contribution is 6.28. The van der Waals surface area contributed by atoms with Crippen molar-refractivity contribution in [3.8, 4) is 0 Å². The summed E-state index contributed by atoms with van der Waals surface area (Å²) in [4.78, 5) is 3.81. The van der Waals surface area contributed by atoms with Crippen molar-refractivity contribution in [3.05, 3.63) is 6.33 Å². The maximum Gasteiger partial charge on any atom is 0.173 e. The Balaban J connectivity index is 2.96. The lowest BCUT2D eigenvalue weighted by Crippen LogP contribution is -2.24. The molecule has 0 N–H and O–H groups in total. The van der Waals surface area contributed by atoms with Crippen molar-refractivity contribution >= 4 is 13.6 Å². The van der Waals surface area contributed by atoms with E-state index in [4.69, 9.17) is 7.85 Å². The summed E-state index contributed by atoms with van der Waals surface area (Å²) in [7, 11) is 5.33. The van der Waals surface area contributed by atoms with Crippen LogP contribution < -0.4 is 5.72 Å². The van der Waals surface area contributed by atoms with Crippen LogP contribution in [0.4, 0.5) is 0 Å². The minimum absolute atomic E-state index is 0.0232. The Labute approximate surface area is 61.9 Å². The number of hydrogen-bond donors (Lipinski definition) is 0. The summed E-state index contributed by atoms with van der Waals surface area (Å²) in [6, 6.07) is 0. The first-order valence-corrected chi connectivity index (χ1v) is 3.18. The normalized spacial score (nSPS) is 11.9. The highest BCUT2D eigenvalue weighted by Crippen LogP contribution is 2.08. The quantitative estimate of drug-likeness (QED) is 0.462. The first-order chi connectivity index (χ1) is 4.50. The van der Waals surface area contributed by atoms with E-state index in [0.29, 0.717) is 5.72 Å². The molecule has 4 heteroatoms. The third-order valence-electron chi connectivity index (χ3n) is 1.20. The van der Waals surface area contributed by atoms with Crippen LogP contribution in [-0.4, -0.2) is 22.6 Å². The van der Waals surface area contributed by atoms with E-state index < -0.39 is 0 Å². The molecule has 10 heavy (non-hydrogen) atoms. The molecule has 0 atom stereocenters. The summed E-state index contributed by atoms with van der Waals surface area (Å²) < 4.78 is 1.74. The predicted molar refractivity (Wildman–Crippen MR) is 40.4 cm³/mol. The van der Waals surface area contributed by atoms with E-state index in [1.807, 2.05) is 20.8 Å². The number of rotatable bonds is 0. The number of aromatic nitrogens is 3. The summed E-state index contributed by atoms with van der Waals surface area (Å²) in [5.41, 5.74) is 0.305. The SMILES string of the molecule is [B]c1ncn(C(C)(C)C)n1. The fourth-order valence-corrected chi connectivity index (χ4v) is 0.599. The van der Waals surface area contributed by atoms with Crippen LogP contribution in [0.5, 0.6) is 0 Å². The van der Waals surface area contributed by atoms with E-state index in [2.05, 4.69) is 10.1 Å². The highest BCUT2D eigenvalue weighted by Gasteiger charge is 2.12. The largest absolute Gasteiger partial charge is 0.248 e. The molecule has 1 rings (SSSR count). The molecule has 0 fully saturated rings. The van der Waals surface area contributed by atoms with Gasteiger partial charge >= 0.3 is 0 Å². The van der Waals surface area contributed by atoms with Crippen LogP contribution in [0.15, 0.2) is 6.33 Å². The van der Waals surface area contributed by atoms with Crippen molar-refractivity contribution in [2.75, 3.05) is 0 Å². The Hall–Kier alpha value is -0.795. The molecule has 0 saturated carbocycles. The van der Waals surface area contributed by atoms with Crippen molar-refractivity contribution in [1.82, 2.24) is 14.8 Å². The standard InChI is InChI=1S/C6H10BN3/c1-6(2,3)10-4-8-5(7)9-10/h4H,1-3H3. The van der Waals surface area contributed by atoms with Gasteiger partial charge in [0.25, 0.3) is 0 Å². The lowest BCUT2D eigenvalue weighted by molar-refractivity contribution is 0.356. The molecule has 1 aromatic heterocycles. The molecule has 0 aliphatic rings. The molecule has 52 valence electrons. The molecular weight excluding hydrogens is 125 g/mol. The molecule has 0 amide bonds. The van der Waals surface area contributed by atoms with Crippen LogP contribution in [0.1, 0.15) is 20.8 Å². The summed E-state index contributed by atoms with van der Waals surface area (Å²) in [6.07, 6.45) is 1.63. The van der Waals surface area contributed by atoms with Gasteiger partial charge in [-0.05, 0) is 20.8 Å². The molecule has 0 aromatic carbocycles. The summed E-state index contributed by atoms with van der Waals surface area (Å²) in [6.45, 7) is 6.13. The Kier molecular flexibility index (Phi) is 1.54. The maximum absolute atomic E-state index is 5.33. The monoisotopic (exact) mass is 135 g/mol. The lowest BCUT2D eigenvalue weighted by atomic mass is 10.1. The first kappa shape index (κ1) is 7.31. The lowest BCUT2D eigenvalue weighted by Gasteiger charge is -2.17. The van der Waals surface area contributed by atoms with E-state index >= 15 is 0 Å². The number of hydrogen-bond acceptors (Lipinski definition) is 2. The average Bonchev–Trinajstić information content (AvgIpc) is 2.11. The van der Waals surface area contributed by atoms with Gasteiger partial charge in [-0.15, -0.1) is 0 Å². The third-order valence-corrected chi connectivity index (χ3v) is 1.20. The van der Waals surface area contributed by atoms with Crippen LogP contribution in [0.2, 0.25) is 0 Å². The van der Waals surface area contributed by atoms with Gasteiger partial charge in [0.2, 0.25) is 0 Å². The molecule has 0 saturated heterocycles. The van der Waals surface area contributed by atoms with Crippen molar-refractivity contribution in [2.24, 2.45) is 0 Å². The maximum atomic E-state index is 5.33. The molecule has 0 bridgehead atoms. The van der Waals surface area contributed by atoms with Crippen molar-refractivity contribution < 1.29 is 0 Å². The fourth-order valence-electron chi connectivity index (χ4n) is 0.599. The number of nitrogens with zero attached hydrogens (tertiary/aromatic N) is 3. The average molecular weight is 135 g/mol. The molecule has 0 aliphatic carbocycles. The Morgan fingerprint density at radius 1 is 1.50 bits per heavy atom. The molecule has 2 radical (unpaired) electrons. The second-order valence-corrected chi connectivity index (χ2v) is 3.22. The van der Waals surface area contributed by atoms with Gasteiger partial charge in [0, 0.05) is 0 Å². The van der Waals surface area contributed by atoms with Crippen molar-refractivity contribution in [3.63, 3.8) is 0 Å².